The standard InChI is InChI=1S/C24H31BrN4O3S/c1-3-29(4-2)16-9-17-33(30,31)28-22(15-14-19-10-6-5-7-11-19)24-26-23(27-32-24)20-12-8-13-21(25)18-20/h5-8,10-13,18,22,28H,3-4,9,14-17H2,1-2H3/t22-/m1/s1. The third-order valence-corrected chi connectivity index (χ3v) is 7.45. The summed E-state index contributed by atoms with van der Waals surface area (Å²) in [6, 6.07) is 16.9. The summed E-state index contributed by atoms with van der Waals surface area (Å²) in [7, 11) is -3.52. The number of sulfonamides is 1. The normalized spacial score (nSPS) is 12.8. The third-order valence-electron chi connectivity index (χ3n) is 5.49. The number of nitrogens with one attached hydrogen (secondary N) is 1. The Morgan fingerprint density at radius 2 is 1.85 bits per heavy atom. The zero-order chi connectivity index (χ0) is 23.7. The van der Waals surface area contributed by atoms with E-state index in [-0.39, 0.29) is 11.6 Å². The minimum atomic E-state index is -3.52. The molecular weight excluding hydrogens is 504 g/mol. The van der Waals surface area contributed by atoms with Crippen molar-refractivity contribution >= 4 is 26.0 Å². The van der Waals surface area contributed by atoms with Gasteiger partial charge in [-0.25, -0.2) is 13.1 Å². The summed E-state index contributed by atoms with van der Waals surface area (Å²) < 4.78 is 35.0. The quantitative estimate of drug-likeness (QED) is 0.338. The molecule has 0 amide bonds. The summed E-state index contributed by atoms with van der Waals surface area (Å²) in [6.07, 6.45) is 1.76. The van der Waals surface area contributed by atoms with Crippen molar-refractivity contribution in [2.24, 2.45) is 0 Å². The highest BCUT2D eigenvalue weighted by Gasteiger charge is 2.25. The fourth-order valence-corrected chi connectivity index (χ4v) is 5.28. The van der Waals surface area contributed by atoms with E-state index in [1.807, 2.05) is 54.6 Å². The van der Waals surface area contributed by atoms with Crippen molar-refractivity contribution < 1.29 is 12.9 Å². The lowest BCUT2D eigenvalue weighted by molar-refractivity contribution is 0.304. The number of halogens is 1. The molecule has 0 fully saturated rings. The Bertz CT molecular complexity index is 1100. The van der Waals surface area contributed by atoms with Crippen molar-refractivity contribution in [2.45, 2.75) is 39.2 Å². The van der Waals surface area contributed by atoms with E-state index in [1.165, 1.54) is 0 Å². The van der Waals surface area contributed by atoms with Crippen molar-refractivity contribution in [3.63, 3.8) is 0 Å². The highest BCUT2D eigenvalue weighted by Crippen LogP contribution is 2.24. The van der Waals surface area contributed by atoms with E-state index in [0.29, 0.717) is 25.1 Å². The van der Waals surface area contributed by atoms with Crippen LogP contribution in [0.4, 0.5) is 0 Å². The first kappa shape index (κ1) is 25.6. The van der Waals surface area contributed by atoms with Crippen molar-refractivity contribution in [1.29, 1.82) is 0 Å². The second kappa shape index (κ2) is 12.4. The highest BCUT2D eigenvalue weighted by atomic mass is 79.9. The molecule has 1 heterocycles. The molecule has 0 aliphatic carbocycles. The molecule has 0 spiro atoms. The van der Waals surface area contributed by atoms with E-state index < -0.39 is 16.1 Å². The van der Waals surface area contributed by atoms with Gasteiger partial charge in [0.25, 0.3) is 0 Å². The molecule has 1 N–H and O–H groups in total. The molecule has 0 aliphatic heterocycles. The molecular formula is C24H31BrN4O3S. The first-order chi connectivity index (χ1) is 15.9. The van der Waals surface area contributed by atoms with Gasteiger partial charge in [0.05, 0.1) is 5.75 Å². The second-order valence-electron chi connectivity index (χ2n) is 7.86. The van der Waals surface area contributed by atoms with E-state index in [1.54, 1.807) is 0 Å². The molecule has 1 aromatic heterocycles. The van der Waals surface area contributed by atoms with Crippen LogP contribution >= 0.6 is 15.9 Å². The van der Waals surface area contributed by atoms with Gasteiger partial charge in [0, 0.05) is 10.0 Å². The molecule has 3 rings (SSSR count). The topological polar surface area (TPSA) is 88.3 Å². The van der Waals surface area contributed by atoms with E-state index >= 15 is 0 Å². The van der Waals surface area contributed by atoms with Crippen LogP contribution in [0.3, 0.4) is 0 Å². The molecule has 0 aliphatic rings. The smallest absolute Gasteiger partial charge is 0.245 e. The summed E-state index contributed by atoms with van der Waals surface area (Å²) in [6.45, 7) is 6.72. The van der Waals surface area contributed by atoms with Crippen LogP contribution < -0.4 is 4.72 Å². The van der Waals surface area contributed by atoms with Gasteiger partial charge >= 0.3 is 0 Å². The maximum atomic E-state index is 12.9. The van der Waals surface area contributed by atoms with Crippen LogP contribution in [0.1, 0.15) is 44.2 Å². The maximum absolute atomic E-state index is 12.9. The zero-order valence-corrected chi connectivity index (χ0v) is 21.5. The molecule has 7 nitrogen and oxygen atoms in total. The molecule has 3 aromatic rings. The zero-order valence-electron chi connectivity index (χ0n) is 19.1. The van der Waals surface area contributed by atoms with E-state index in [4.69, 9.17) is 4.52 Å². The Balaban J connectivity index is 1.75. The summed E-state index contributed by atoms with van der Waals surface area (Å²) in [5.74, 6) is 0.753. The van der Waals surface area contributed by atoms with Crippen LogP contribution in [0.15, 0.2) is 63.6 Å². The highest BCUT2D eigenvalue weighted by molar-refractivity contribution is 9.10. The number of nitrogens with zero attached hydrogens (tertiary/aromatic N) is 3. The minimum Gasteiger partial charge on any atom is -0.337 e. The molecule has 0 bridgehead atoms. The van der Waals surface area contributed by atoms with Crippen molar-refractivity contribution in [2.75, 3.05) is 25.4 Å². The Hall–Kier alpha value is -2.07. The van der Waals surface area contributed by atoms with Gasteiger partial charge in [0.15, 0.2) is 0 Å². The van der Waals surface area contributed by atoms with Crippen LogP contribution in [0.25, 0.3) is 11.4 Å². The Labute approximate surface area is 204 Å². The van der Waals surface area contributed by atoms with Crippen molar-refractivity contribution in [1.82, 2.24) is 19.8 Å². The summed E-state index contributed by atoms with van der Waals surface area (Å²) >= 11 is 3.45. The lowest BCUT2D eigenvalue weighted by Gasteiger charge is -2.19. The first-order valence-electron chi connectivity index (χ1n) is 11.3. The maximum Gasteiger partial charge on any atom is 0.245 e. The monoisotopic (exact) mass is 534 g/mol. The van der Waals surface area contributed by atoms with Crippen LogP contribution in [-0.2, 0) is 16.4 Å². The summed E-state index contributed by atoms with van der Waals surface area (Å²) in [5.41, 5.74) is 1.92. The average Bonchev–Trinajstić information content (AvgIpc) is 3.30. The predicted molar refractivity (Wildman–Crippen MR) is 134 cm³/mol. The van der Waals surface area contributed by atoms with Gasteiger partial charge in [-0.1, -0.05) is 77.4 Å². The first-order valence-corrected chi connectivity index (χ1v) is 13.7. The number of aromatic nitrogens is 2. The molecule has 2 aromatic carbocycles. The second-order valence-corrected chi connectivity index (χ2v) is 10.6. The summed E-state index contributed by atoms with van der Waals surface area (Å²) in [5, 5.41) is 4.09. The van der Waals surface area contributed by atoms with E-state index in [2.05, 4.69) is 49.5 Å². The number of hydrogen-bond acceptors (Lipinski definition) is 6. The molecule has 178 valence electrons. The molecule has 1 atom stereocenters. The lowest BCUT2D eigenvalue weighted by Crippen LogP contribution is -2.33. The molecule has 0 saturated heterocycles. The third kappa shape index (κ3) is 8.03. The number of hydrogen-bond donors (Lipinski definition) is 1. The van der Waals surface area contributed by atoms with Gasteiger partial charge in [-0.05, 0) is 56.6 Å². The van der Waals surface area contributed by atoms with Gasteiger partial charge in [-0.3, -0.25) is 0 Å². The Morgan fingerprint density at radius 1 is 1.09 bits per heavy atom. The van der Waals surface area contributed by atoms with Crippen LogP contribution in [0, 0.1) is 0 Å². The van der Waals surface area contributed by atoms with Crippen LogP contribution in [-0.4, -0.2) is 48.8 Å². The molecule has 33 heavy (non-hydrogen) atoms. The number of rotatable bonds is 13. The van der Waals surface area contributed by atoms with E-state index in [9.17, 15) is 8.42 Å². The molecule has 0 radical (unpaired) electrons. The minimum absolute atomic E-state index is 0.0535. The molecule has 0 unspecified atom stereocenters. The average molecular weight is 536 g/mol. The Kier molecular flexibility index (Phi) is 9.61. The van der Waals surface area contributed by atoms with Crippen molar-refractivity contribution in [3.8, 4) is 11.4 Å². The lowest BCUT2D eigenvalue weighted by atomic mass is 10.1. The van der Waals surface area contributed by atoms with Gasteiger partial charge in [0.2, 0.25) is 21.7 Å². The fourth-order valence-electron chi connectivity index (χ4n) is 3.60. The van der Waals surface area contributed by atoms with Crippen LogP contribution in [0.2, 0.25) is 0 Å². The van der Waals surface area contributed by atoms with Gasteiger partial charge in [0.1, 0.15) is 6.04 Å². The van der Waals surface area contributed by atoms with Crippen LogP contribution in [0.5, 0.6) is 0 Å². The largest absolute Gasteiger partial charge is 0.337 e. The fraction of sp³-hybridized carbons (Fsp3) is 0.417. The van der Waals surface area contributed by atoms with Gasteiger partial charge in [-0.2, -0.15) is 4.98 Å². The van der Waals surface area contributed by atoms with Gasteiger partial charge in [-0.15, -0.1) is 0 Å². The number of benzene rings is 2. The Morgan fingerprint density at radius 3 is 2.55 bits per heavy atom. The predicted octanol–water partition coefficient (Wildman–Crippen LogP) is 4.82. The van der Waals surface area contributed by atoms with E-state index in [0.717, 1.165) is 35.2 Å². The SMILES string of the molecule is CCN(CC)CCCS(=O)(=O)N[C@H](CCc1ccccc1)c1nc(-c2cccc(Br)c2)no1. The van der Waals surface area contributed by atoms with Gasteiger partial charge < -0.3 is 9.42 Å². The number of aryl methyl sites for hydroxylation is 1. The molecule has 9 heteroatoms. The van der Waals surface area contributed by atoms with Crippen molar-refractivity contribution in [3.05, 3.63) is 70.5 Å². The molecule has 0 saturated carbocycles. The summed E-state index contributed by atoms with van der Waals surface area (Å²) in [4.78, 5) is 6.73.